The monoisotopic (exact) mass is 413 g/mol. The standard InChI is InChI=1S/C26H27N3O2/c30-25(22-14-12-21(13-15-22)19-29-16-6-7-17-29)28-24-11-5-4-10-23(24)26(31)27-18-20-8-2-1-3-9-20/h1-5,8-15H,6-7,16-19H2,(H,27,31)(H,28,30). The number of anilines is 1. The highest BCUT2D eigenvalue weighted by Crippen LogP contribution is 2.18. The van der Waals surface area contributed by atoms with Gasteiger partial charge in [0.25, 0.3) is 11.8 Å². The first-order valence-corrected chi connectivity index (χ1v) is 10.7. The molecule has 5 nitrogen and oxygen atoms in total. The van der Waals surface area contributed by atoms with Crippen LogP contribution in [0, 0.1) is 0 Å². The van der Waals surface area contributed by atoms with E-state index in [1.807, 2.05) is 60.7 Å². The second kappa shape index (κ2) is 10.0. The maximum atomic E-state index is 12.8. The molecule has 158 valence electrons. The summed E-state index contributed by atoms with van der Waals surface area (Å²) in [6.45, 7) is 3.64. The second-order valence-corrected chi connectivity index (χ2v) is 7.85. The molecule has 0 spiro atoms. The summed E-state index contributed by atoms with van der Waals surface area (Å²) in [5, 5.41) is 5.80. The van der Waals surface area contributed by atoms with E-state index in [0.29, 0.717) is 23.4 Å². The summed E-state index contributed by atoms with van der Waals surface area (Å²) in [5.41, 5.74) is 3.74. The van der Waals surface area contributed by atoms with Gasteiger partial charge in [0.2, 0.25) is 0 Å². The summed E-state index contributed by atoms with van der Waals surface area (Å²) in [7, 11) is 0. The average Bonchev–Trinajstić information content (AvgIpc) is 3.32. The van der Waals surface area contributed by atoms with Crippen LogP contribution in [0.3, 0.4) is 0 Å². The molecule has 0 atom stereocenters. The molecule has 1 saturated heterocycles. The minimum Gasteiger partial charge on any atom is -0.348 e. The molecule has 0 unspecified atom stereocenters. The summed E-state index contributed by atoms with van der Waals surface area (Å²) in [5.74, 6) is -0.447. The van der Waals surface area contributed by atoms with E-state index in [4.69, 9.17) is 0 Å². The van der Waals surface area contributed by atoms with Crippen LogP contribution in [-0.2, 0) is 13.1 Å². The van der Waals surface area contributed by atoms with Crippen LogP contribution in [0.5, 0.6) is 0 Å². The van der Waals surface area contributed by atoms with Gasteiger partial charge in [-0.2, -0.15) is 0 Å². The highest BCUT2D eigenvalue weighted by Gasteiger charge is 2.15. The third kappa shape index (κ3) is 5.58. The zero-order valence-corrected chi connectivity index (χ0v) is 17.5. The van der Waals surface area contributed by atoms with Gasteiger partial charge in [-0.1, -0.05) is 54.6 Å². The van der Waals surface area contributed by atoms with Crippen LogP contribution in [0.15, 0.2) is 78.9 Å². The van der Waals surface area contributed by atoms with Crippen molar-refractivity contribution in [3.8, 4) is 0 Å². The van der Waals surface area contributed by atoms with E-state index in [9.17, 15) is 9.59 Å². The molecule has 0 saturated carbocycles. The molecule has 3 aromatic carbocycles. The lowest BCUT2D eigenvalue weighted by atomic mass is 10.1. The second-order valence-electron chi connectivity index (χ2n) is 7.85. The number of carbonyl (C=O) groups is 2. The fraction of sp³-hybridized carbons (Fsp3) is 0.231. The van der Waals surface area contributed by atoms with Gasteiger partial charge >= 0.3 is 0 Å². The Morgan fingerprint density at radius 3 is 2.16 bits per heavy atom. The van der Waals surface area contributed by atoms with E-state index in [1.54, 1.807) is 18.2 Å². The van der Waals surface area contributed by atoms with Crippen LogP contribution >= 0.6 is 0 Å². The predicted molar refractivity (Wildman–Crippen MR) is 123 cm³/mol. The smallest absolute Gasteiger partial charge is 0.255 e. The quantitative estimate of drug-likeness (QED) is 0.601. The number of hydrogen-bond donors (Lipinski definition) is 2. The fourth-order valence-corrected chi connectivity index (χ4v) is 3.82. The molecule has 4 rings (SSSR count). The third-order valence-corrected chi connectivity index (χ3v) is 5.54. The van der Waals surface area contributed by atoms with Crippen molar-refractivity contribution >= 4 is 17.5 Å². The molecule has 1 aliphatic heterocycles. The number of carbonyl (C=O) groups excluding carboxylic acids is 2. The maximum absolute atomic E-state index is 12.8. The lowest BCUT2D eigenvalue weighted by molar-refractivity contribution is 0.0952. The van der Waals surface area contributed by atoms with Crippen LogP contribution in [0.4, 0.5) is 5.69 Å². The zero-order valence-electron chi connectivity index (χ0n) is 17.5. The molecule has 3 aromatic rings. The number of rotatable bonds is 7. The van der Waals surface area contributed by atoms with Gasteiger partial charge in [-0.05, 0) is 61.3 Å². The number of para-hydroxylation sites is 1. The van der Waals surface area contributed by atoms with E-state index >= 15 is 0 Å². The number of likely N-dealkylation sites (tertiary alicyclic amines) is 1. The molecular formula is C26H27N3O2. The lowest BCUT2D eigenvalue weighted by Gasteiger charge is -2.15. The van der Waals surface area contributed by atoms with Crippen molar-refractivity contribution in [2.24, 2.45) is 0 Å². The van der Waals surface area contributed by atoms with Gasteiger partial charge in [-0.15, -0.1) is 0 Å². The van der Waals surface area contributed by atoms with Gasteiger partial charge in [-0.25, -0.2) is 0 Å². The number of benzene rings is 3. The molecule has 1 aliphatic rings. The Kier molecular flexibility index (Phi) is 6.75. The molecule has 31 heavy (non-hydrogen) atoms. The van der Waals surface area contributed by atoms with Crippen molar-refractivity contribution in [1.82, 2.24) is 10.2 Å². The van der Waals surface area contributed by atoms with Crippen molar-refractivity contribution in [3.05, 3.63) is 101 Å². The average molecular weight is 414 g/mol. The fourth-order valence-electron chi connectivity index (χ4n) is 3.82. The summed E-state index contributed by atoms with van der Waals surface area (Å²) in [6.07, 6.45) is 2.53. The van der Waals surface area contributed by atoms with E-state index in [1.165, 1.54) is 18.4 Å². The van der Waals surface area contributed by atoms with Gasteiger partial charge < -0.3 is 10.6 Å². The van der Waals surface area contributed by atoms with Gasteiger partial charge in [0, 0.05) is 18.7 Å². The van der Waals surface area contributed by atoms with Crippen LogP contribution in [-0.4, -0.2) is 29.8 Å². The SMILES string of the molecule is O=C(Nc1ccccc1C(=O)NCc1ccccc1)c1ccc(CN2CCCC2)cc1. The van der Waals surface area contributed by atoms with Crippen molar-refractivity contribution in [2.75, 3.05) is 18.4 Å². The molecule has 0 radical (unpaired) electrons. The van der Waals surface area contributed by atoms with Gasteiger partial charge in [-0.3, -0.25) is 14.5 Å². The molecular weight excluding hydrogens is 386 g/mol. The van der Waals surface area contributed by atoms with Crippen molar-refractivity contribution in [1.29, 1.82) is 0 Å². The number of nitrogens with zero attached hydrogens (tertiary/aromatic N) is 1. The van der Waals surface area contributed by atoms with Crippen molar-refractivity contribution < 1.29 is 9.59 Å². The van der Waals surface area contributed by atoms with Crippen LogP contribution in [0.2, 0.25) is 0 Å². The van der Waals surface area contributed by atoms with Crippen LogP contribution in [0.1, 0.15) is 44.7 Å². The molecule has 5 heteroatoms. The number of amides is 2. The highest BCUT2D eigenvalue weighted by molar-refractivity contribution is 6.09. The largest absolute Gasteiger partial charge is 0.348 e. The number of hydrogen-bond acceptors (Lipinski definition) is 3. The Bertz CT molecular complexity index is 1030. The number of nitrogens with one attached hydrogen (secondary N) is 2. The summed E-state index contributed by atoms with van der Waals surface area (Å²) in [6, 6.07) is 24.5. The van der Waals surface area contributed by atoms with Gasteiger partial charge in [0.05, 0.1) is 11.3 Å². The Balaban J connectivity index is 1.39. The lowest BCUT2D eigenvalue weighted by Crippen LogP contribution is -2.24. The molecule has 1 fully saturated rings. The zero-order chi connectivity index (χ0) is 21.5. The minimum atomic E-state index is -0.226. The van der Waals surface area contributed by atoms with Crippen molar-refractivity contribution in [2.45, 2.75) is 25.9 Å². The van der Waals surface area contributed by atoms with E-state index in [2.05, 4.69) is 15.5 Å². The molecule has 2 N–H and O–H groups in total. The first-order valence-electron chi connectivity index (χ1n) is 10.7. The van der Waals surface area contributed by atoms with Crippen molar-refractivity contribution in [3.63, 3.8) is 0 Å². The van der Waals surface area contributed by atoms with E-state index in [-0.39, 0.29) is 11.8 Å². The minimum absolute atomic E-state index is 0.222. The highest BCUT2D eigenvalue weighted by atomic mass is 16.2. The summed E-state index contributed by atoms with van der Waals surface area (Å²) >= 11 is 0. The molecule has 1 heterocycles. The normalized spacial score (nSPS) is 13.7. The Labute approximate surface area is 183 Å². The topological polar surface area (TPSA) is 61.4 Å². The predicted octanol–water partition coefficient (Wildman–Crippen LogP) is 4.46. The Morgan fingerprint density at radius 2 is 1.42 bits per heavy atom. The molecule has 0 aliphatic carbocycles. The Hall–Kier alpha value is -3.44. The van der Waals surface area contributed by atoms with E-state index < -0.39 is 0 Å². The van der Waals surface area contributed by atoms with Crippen LogP contribution in [0.25, 0.3) is 0 Å². The first-order chi connectivity index (χ1) is 15.2. The van der Waals surface area contributed by atoms with E-state index in [0.717, 1.165) is 25.2 Å². The third-order valence-electron chi connectivity index (χ3n) is 5.54. The molecule has 2 amide bonds. The molecule has 0 bridgehead atoms. The summed E-state index contributed by atoms with van der Waals surface area (Å²) in [4.78, 5) is 27.9. The van der Waals surface area contributed by atoms with Crippen LogP contribution < -0.4 is 10.6 Å². The van der Waals surface area contributed by atoms with Gasteiger partial charge in [0.1, 0.15) is 0 Å². The van der Waals surface area contributed by atoms with Gasteiger partial charge in [0.15, 0.2) is 0 Å². The summed E-state index contributed by atoms with van der Waals surface area (Å²) < 4.78 is 0. The Morgan fingerprint density at radius 1 is 0.742 bits per heavy atom. The maximum Gasteiger partial charge on any atom is 0.255 e. The molecule has 0 aromatic heterocycles. The first kappa shape index (κ1) is 20.8.